The zero-order valence-corrected chi connectivity index (χ0v) is 15.3. The minimum atomic E-state index is 0.443. The van der Waals surface area contributed by atoms with Gasteiger partial charge in [-0.15, -0.1) is 5.10 Å². The number of ether oxygens (including phenoxy) is 1. The number of anilines is 1. The zero-order valence-electron chi connectivity index (χ0n) is 15.3. The first-order chi connectivity index (χ1) is 13.8. The van der Waals surface area contributed by atoms with E-state index in [1.807, 2.05) is 6.07 Å². The van der Waals surface area contributed by atoms with E-state index >= 15 is 0 Å². The summed E-state index contributed by atoms with van der Waals surface area (Å²) in [4.78, 5) is 11.5. The summed E-state index contributed by atoms with van der Waals surface area (Å²) in [6, 6.07) is 13.8. The molecule has 4 heterocycles. The van der Waals surface area contributed by atoms with Crippen LogP contribution in [0.15, 0.2) is 53.1 Å². The molecule has 5 rings (SSSR count). The molecule has 0 atom stereocenters. The molecule has 2 N–H and O–H groups in total. The molecule has 8 nitrogen and oxygen atoms in total. The van der Waals surface area contributed by atoms with Crippen LogP contribution in [0.5, 0.6) is 0 Å². The summed E-state index contributed by atoms with van der Waals surface area (Å²) in [6.07, 6.45) is 1.59. The van der Waals surface area contributed by atoms with E-state index < -0.39 is 0 Å². The molecule has 4 aromatic rings. The number of morpholine rings is 1. The monoisotopic (exact) mass is 376 g/mol. The molecule has 0 bridgehead atoms. The maximum atomic E-state index is 6.19. The summed E-state index contributed by atoms with van der Waals surface area (Å²) >= 11 is 0. The highest BCUT2D eigenvalue weighted by Crippen LogP contribution is 2.23. The van der Waals surface area contributed by atoms with Crippen molar-refractivity contribution >= 4 is 11.6 Å². The first kappa shape index (κ1) is 16.9. The van der Waals surface area contributed by atoms with Gasteiger partial charge in [-0.25, -0.2) is 4.98 Å². The van der Waals surface area contributed by atoms with Crippen LogP contribution < -0.4 is 5.73 Å². The Hall–Kier alpha value is -3.23. The minimum Gasteiger partial charge on any atom is -0.461 e. The van der Waals surface area contributed by atoms with Crippen molar-refractivity contribution in [2.45, 2.75) is 6.54 Å². The first-order valence-electron chi connectivity index (χ1n) is 9.23. The van der Waals surface area contributed by atoms with Gasteiger partial charge < -0.3 is 14.9 Å². The van der Waals surface area contributed by atoms with E-state index in [0.717, 1.165) is 44.1 Å². The number of rotatable bonds is 4. The van der Waals surface area contributed by atoms with Crippen LogP contribution in [-0.2, 0) is 11.3 Å². The van der Waals surface area contributed by atoms with Crippen LogP contribution in [-0.4, -0.2) is 50.8 Å². The molecule has 0 saturated carbocycles. The van der Waals surface area contributed by atoms with E-state index in [2.05, 4.69) is 44.2 Å². The second kappa shape index (κ2) is 7.06. The molecule has 1 aliphatic rings. The number of nitrogen functional groups attached to an aromatic ring is 1. The largest absolute Gasteiger partial charge is 0.461 e. The van der Waals surface area contributed by atoms with Gasteiger partial charge in [-0.05, 0) is 17.7 Å². The van der Waals surface area contributed by atoms with Gasteiger partial charge in [-0.2, -0.15) is 9.50 Å². The van der Waals surface area contributed by atoms with E-state index in [4.69, 9.17) is 14.9 Å². The molecule has 0 amide bonds. The number of aromatic nitrogens is 4. The summed E-state index contributed by atoms with van der Waals surface area (Å²) in [7, 11) is 0. The lowest BCUT2D eigenvalue weighted by molar-refractivity contribution is 0.0342. The molecule has 1 aliphatic heterocycles. The smallest absolute Gasteiger partial charge is 0.255 e. The summed E-state index contributed by atoms with van der Waals surface area (Å²) in [5, 5.41) is 4.38. The molecule has 28 heavy (non-hydrogen) atoms. The lowest BCUT2D eigenvalue weighted by atomic mass is 10.1. The molecule has 1 fully saturated rings. The Morgan fingerprint density at radius 1 is 1.04 bits per heavy atom. The topological polar surface area (TPSA) is 94.7 Å². The van der Waals surface area contributed by atoms with Crippen LogP contribution >= 0.6 is 0 Å². The summed E-state index contributed by atoms with van der Waals surface area (Å²) in [6.45, 7) is 4.48. The van der Waals surface area contributed by atoms with E-state index in [1.165, 1.54) is 10.1 Å². The van der Waals surface area contributed by atoms with Crippen LogP contribution in [0.2, 0.25) is 0 Å². The summed E-state index contributed by atoms with van der Waals surface area (Å²) in [5.41, 5.74) is 9.21. The molecule has 0 unspecified atom stereocenters. The van der Waals surface area contributed by atoms with Crippen molar-refractivity contribution in [2.24, 2.45) is 0 Å². The Morgan fingerprint density at radius 2 is 1.86 bits per heavy atom. The third kappa shape index (κ3) is 3.23. The normalized spacial score (nSPS) is 15.3. The highest BCUT2D eigenvalue weighted by Gasteiger charge is 2.14. The molecule has 0 spiro atoms. The van der Waals surface area contributed by atoms with Gasteiger partial charge in [-0.1, -0.05) is 24.3 Å². The van der Waals surface area contributed by atoms with Gasteiger partial charge >= 0.3 is 0 Å². The van der Waals surface area contributed by atoms with Crippen molar-refractivity contribution in [1.82, 2.24) is 24.5 Å². The Kier molecular flexibility index (Phi) is 4.27. The fourth-order valence-corrected chi connectivity index (χ4v) is 3.35. The van der Waals surface area contributed by atoms with Gasteiger partial charge in [0, 0.05) is 31.3 Å². The third-order valence-corrected chi connectivity index (χ3v) is 4.84. The zero-order chi connectivity index (χ0) is 18.9. The van der Waals surface area contributed by atoms with Gasteiger partial charge in [0.1, 0.15) is 5.82 Å². The van der Waals surface area contributed by atoms with Gasteiger partial charge in [0.25, 0.3) is 5.78 Å². The van der Waals surface area contributed by atoms with Crippen molar-refractivity contribution in [1.29, 1.82) is 0 Å². The quantitative estimate of drug-likeness (QED) is 0.584. The van der Waals surface area contributed by atoms with Crippen molar-refractivity contribution < 1.29 is 9.15 Å². The van der Waals surface area contributed by atoms with Crippen molar-refractivity contribution in [2.75, 3.05) is 32.0 Å². The highest BCUT2D eigenvalue weighted by atomic mass is 16.5. The van der Waals surface area contributed by atoms with Gasteiger partial charge in [0.2, 0.25) is 5.82 Å². The SMILES string of the molecule is Nc1cc(-c2ccc(CN3CCOCC3)cc2)nc2nc(-c3ccco3)nn12. The number of nitrogens with zero attached hydrogens (tertiary/aromatic N) is 5. The Morgan fingerprint density at radius 3 is 2.61 bits per heavy atom. The molecule has 0 radical (unpaired) electrons. The molecule has 8 heteroatoms. The van der Waals surface area contributed by atoms with Crippen LogP contribution in [0.1, 0.15) is 5.56 Å². The van der Waals surface area contributed by atoms with E-state index in [0.29, 0.717) is 23.2 Å². The number of furan rings is 1. The lowest BCUT2D eigenvalue weighted by Gasteiger charge is -2.26. The van der Waals surface area contributed by atoms with E-state index in [9.17, 15) is 0 Å². The Balaban J connectivity index is 1.42. The maximum Gasteiger partial charge on any atom is 0.255 e. The van der Waals surface area contributed by atoms with Crippen LogP contribution in [0.4, 0.5) is 5.82 Å². The van der Waals surface area contributed by atoms with Crippen LogP contribution in [0, 0.1) is 0 Å². The maximum absolute atomic E-state index is 6.19. The Labute approximate surface area is 161 Å². The average Bonchev–Trinajstić information content (AvgIpc) is 3.39. The van der Waals surface area contributed by atoms with Gasteiger partial charge in [-0.3, -0.25) is 4.90 Å². The highest BCUT2D eigenvalue weighted by molar-refractivity contribution is 5.65. The first-order valence-corrected chi connectivity index (χ1v) is 9.23. The fraction of sp³-hybridized carbons (Fsp3) is 0.250. The molecule has 1 aromatic carbocycles. The molecular weight excluding hydrogens is 356 g/mol. The predicted molar refractivity (Wildman–Crippen MR) is 104 cm³/mol. The summed E-state index contributed by atoms with van der Waals surface area (Å²) in [5.74, 6) is 1.96. The average molecular weight is 376 g/mol. The summed E-state index contributed by atoms with van der Waals surface area (Å²) < 4.78 is 12.3. The van der Waals surface area contributed by atoms with E-state index in [1.54, 1.807) is 18.4 Å². The number of fused-ring (bicyclic) bond motifs is 1. The van der Waals surface area contributed by atoms with Crippen molar-refractivity contribution in [3.63, 3.8) is 0 Å². The molecule has 142 valence electrons. The second-order valence-corrected chi connectivity index (χ2v) is 6.78. The standard InChI is InChI=1S/C20H20N6O2/c21-18-12-16(22-20-23-19(24-26(18)20)17-2-1-9-28-17)15-5-3-14(4-6-15)13-25-7-10-27-11-8-25/h1-6,9,12H,7-8,10-11,13,21H2. The molecule has 0 aliphatic carbocycles. The number of nitrogens with two attached hydrogens (primary N) is 1. The van der Waals surface area contributed by atoms with Gasteiger partial charge in [0.05, 0.1) is 25.2 Å². The Bertz CT molecular complexity index is 1080. The van der Waals surface area contributed by atoms with Gasteiger partial charge in [0.15, 0.2) is 5.76 Å². The molecule has 3 aromatic heterocycles. The fourth-order valence-electron chi connectivity index (χ4n) is 3.35. The number of hydrogen-bond donors (Lipinski definition) is 1. The second-order valence-electron chi connectivity index (χ2n) is 6.78. The molecular formula is C20H20N6O2. The third-order valence-electron chi connectivity index (χ3n) is 4.84. The van der Waals surface area contributed by atoms with Crippen LogP contribution in [0.3, 0.4) is 0 Å². The lowest BCUT2D eigenvalue weighted by Crippen LogP contribution is -2.35. The molecule has 1 saturated heterocycles. The predicted octanol–water partition coefficient (Wildman–Crippen LogP) is 2.47. The van der Waals surface area contributed by atoms with E-state index in [-0.39, 0.29) is 0 Å². The van der Waals surface area contributed by atoms with Crippen LogP contribution in [0.25, 0.3) is 28.6 Å². The number of hydrogen-bond acceptors (Lipinski definition) is 7. The van der Waals surface area contributed by atoms with Crippen molar-refractivity contribution in [3.8, 4) is 22.8 Å². The minimum absolute atomic E-state index is 0.443. The van der Waals surface area contributed by atoms with Crippen molar-refractivity contribution in [3.05, 3.63) is 54.3 Å². The number of benzene rings is 1.